The van der Waals surface area contributed by atoms with E-state index in [0.717, 1.165) is 11.6 Å². The predicted octanol–water partition coefficient (Wildman–Crippen LogP) is 2.64. The van der Waals surface area contributed by atoms with Gasteiger partial charge in [0.05, 0.1) is 6.04 Å². The molecule has 1 fully saturated rings. The first-order chi connectivity index (χ1) is 9.15. The summed E-state index contributed by atoms with van der Waals surface area (Å²) in [5.41, 5.74) is 2.51. The summed E-state index contributed by atoms with van der Waals surface area (Å²) in [4.78, 5) is 6.85. The molecule has 1 aliphatic carbocycles. The van der Waals surface area contributed by atoms with Gasteiger partial charge in [-0.15, -0.1) is 0 Å². The molecule has 1 aromatic heterocycles. The highest BCUT2D eigenvalue weighted by Crippen LogP contribution is 2.38. The number of hydrogen-bond acceptors (Lipinski definition) is 3. The Kier molecular flexibility index (Phi) is 3.11. The normalized spacial score (nSPS) is 16.8. The van der Waals surface area contributed by atoms with Gasteiger partial charge in [-0.2, -0.15) is 5.10 Å². The number of benzene rings is 1. The third-order valence-corrected chi connectivity index (χ3v) is 3.60. The summed E-state index contributed by atoms with van der Waals surface area (Å²) in [7, 11) is 4.14. The van der Waals surface area contributed by atoms with Gasteiger partial charge in [-0.05, 0) is 39.4 Å². The van der Waals surface area contributed by atoms with Crippen LogP contribution in [0, 0.1) is 6.92 Å². The van der Waals surface area contributed by atoms with Crippen molar-refractivity contribution in [2.24, 2.45) is 0 Å². The molecule has 4 nitrogen and oxygen atoms in total. The molecule has 1 saturated carbocycles. The quantitative estimate of drug-likeness (QED) is 0.914. The van der Waals surface area contributed by atoms with Gasteiger partial charge >= 0.3 is 0 Å². The largest absolute Gasteiger partial charge is 0.296 e. The first-order valence-corrected chi connectivity index (χ1v) is 6.80. The molecule has 2 aromatic rings. The van der Waals surface area contributed by atoms with Crippen LogP contribution in [0.15, 0.2) is 24.3 Å². The Morgan fingerprint density at radius 1 is 1.32 bits per heavy atom. The number of nitrogens with zero attached hydrogens (tertiary/aromatic N) is 3. The summed E-state index contributed by atoms with van der Waals surface area (Å²) in [6.07, 6.45) is 2.48. The van der Waals surface area contributed by atoms with Crippen molar-refractivity contribution in [2.75, 3.05) is 14.1 Å². The Morgan fingerprint density at radius 3 is 2.74 bits per heavy atom. The topological polar surface area (TPSA) is 44.8 Å². The summed E-state index contributed by atoms with van der Waals surface area (Å²) in [6.45, 7) is 2.11. The maximum absolute atomic E-state index is 4.69. The van der Waals surface area contributed by atoms with Gasteiger partial charge in [-0.1, -0.05) is 29.8 Å². The summed E-state index contributed by atoms with van der Waals surface area (Å²) in [5, 5.41) is 7.53. The van der Waals surface area contributed by atoms with E-state index in [1.807, 2.05) is 0 Å². The second kappa shape index (κ2) is 4.78. The van der Waals surface area contributed by atoms with Crippen molar-refractivity contribution >= 4 is 0 Å². The highest BCUT2D eigenvalue weighted by atomic mass is 15.3. The van der Waals surface area contributed by atoms with Crippen LogP contribution in [0.5, 0.6) is 0 Å². The molecule has 0 amide bonds. The van der Waals surface area contributed by atoms with Crippen molar-refractivity contribution in [1.82, 2.24) is 20.1 Å². The van der Waals surface area contributed by atoms with Crippen molar-refractivity contribution in [1.29, 1.82) is 0 Å². The highest BCUT2D eigenvalue weighted by Gasteiger charge is 2.29. The van der Waals surface area contributed by atoms with Crippen molar-refractivity contribution in [3.05, 3.63) is 47.0 Å². The fraction of sp³-hybridized carbons (Fsp3) is 0.467. The maximum Gasteiger partial charge on any atom is 0.172 e. The van der Waals surface area contributed by atoms with Gasteiger partial charge < -0.3 is 0 Å². The molecule has 0 bridgehead atoms. The zero-order valence-corrected chi connectivity index (χ0v) is 11.7. The average Bonchev–Trinajstić information content (AvgIpc) is 3.10. The van der Waals surface area contributed by atoms with Gasteiger partial charge in [0.1, 0.15) is 5.82 Å². The van der Waals surface area contributed by atoms with Crippen LogP contribution in [0.4, 0.5) is 0 Å². The van der Waals surface area contributed by atoms with Gasteiger partial charge in [-0.25, -0.2) is 4.98 Å². The monoisotopic (exact) mass is 256 g/mol. The third kappa shape index (κ3) is 2.54. The Labute approximate surface area is 113 Å². The van der Waals surface area contributed by atoms with E-state index in [2.05, 4.69) is 60.4 Å². The zero-order chi connectivity index (χ0) is 13.4. The summed E-state index contributed by atoms with van der Waals surface area (Å²) in [6, 6.07) is 8.67. The SMILES string of the molecule is Cc1cccc([C@H](c2n[nH]c(C3CC3)n2)N(C)C)c1. The van der Waals surface area contributed by atoms with Gasteiger partial charge in [0.2, 0.25) is 0 Å². The van der Waals surface area contributed by atoms with Crippen LogP contribution < -0.4 is 0 Å². The van der Waals surface area contributed by atoms with E-state index >= 15 is 0 Å². The molecular weight excluding hydrogens is 236 g/mol. The molecule has 4 heteroatoms. The fourth-order valence-corrected chi connectivity index (χ4v) is 2.47. The molecule has 100 valence electrons. The lowest BCUT2D eigenvalue weighted by molar-refractivity contribution is 0.330. The fourth-order valence-electron chi connectivity index (χ4n) is 2.47. The minimum atomic E-state index is 0.114. The van der Waals surface area contributed by atoms with Crippen LogP contribution in [0.25, 0.3) is 0 Å². The van der Waals surface area contributed by atoms with Crippen LogP contribution in [-0.2, 0) is 0 Å². The number of aromatic nitrogens is 3. The second-order valence-corrected chi connectivity index (χ2v) is 5.63. The number of aryl methyl sites for hydroxylation is 1. The molecule has 0 unspecified atom stereocenters. The van der Waals surface area contributed by atoms with Crippen molar-refractivity contribution in [3.63, 3.8) is 0 Å². The van der Waals surface area contributed by atoms with Crippen LogP contribution in [0.2, 0.25) is 0 Å². The Morgan fingerprint density at radius 2 is 2.11 bits per heavy atom. The summed E-state index contributed by atoms with van der Waals surface area (Å²) >= 11 is 0. The second-order valence-electron chi connectivity index (χ2n) is 5.63. The molecular formula is C15H20N4. The molecule has 19 heavy (non-hydrogen) atoms. The molecule has 1 heterocycles. The lowest BCUT2D eigenvalue weighted by Crippen LogP contribution is -2.22. The lowest BCUT2D eigenvalue weighted by Gasteiger charge is -2.22. The molecule has 1 atom stereocenters. The molecule has 1 aliphatic rings. The lowest BCUT2D eigenvalue weighted by atomic mass is 10.0. The first-order valence-electron chi connectivity index (χ1n) is 6.80. The van der Waals surface area contributed by atoms with Gasteiger partial charge in [0, 0.05) is 5.92 Å². The van der Waals surface area contributed by atoms with Crippen LogP contribution in [0.3, 0.4) is 0 Å². The van der Waals surface area contributed by atoms with Gasteiger partial charge in [0.15, 0.2) is 5.82 Å². The zero-order valence-electron chi connectivity index (χ0n) is 11.7. The Balaban J connectivity index is 1.95. The highest BCUT2D eigenvalue weighted by molar-refractivity contribution is 5.29. The van der Waals surface area contributed by atoms with E-state index < -0.39 is 0 Å². The number of aromatic amines is 1. The van der Waals surface area contributed by atoms with E-state index in [4.69, 9.17) is 4.98 Å². The van der Waals surface area contributed by atoms with E-state index in [9.17, 15) is 0 Å². The smallest absolute Gasteiger partial charge is 0.172 e. The number of hydrogen-bond donors (Lipinski definition) is 1. The van der Waals surface area contributed by atoms with E-state index in [1.54, 1.807) is 0 Å². The molecule has 1 N–H and O–H groups in total. The Hall–Kier alpha value is -1.68. The predicted molar refractivity (Wildman–Crippen MR) is 75.1 cm³/mol. The average molecular weight is 256 g/mol. The maximum atomic E-state index is 4.69. The summed E-state index contributed by atoms with van der Waals surface area (Å²) in [5.74, 6) is 2.54. The molecule has 0 aliphatic heterocycles. The number of rotatable bonds is 4. The number of nitrogens with one attached hydrogen (secondary N) is 1. The first kappa shape index (κ1) is 12.4. The minimum Gasteiger partial charge on any atom is -0.296 e. The molecule has 0 spiro atoms. The van der Waals surface area contributed by atoms with E-state index in [0.29, 0.717) is 5.92 Å². The number of H-pyrrole nitrogens is 1. The molecule has 0 radical (unpaired) electrons. The van der Waals surface area contributed by atoms with Gasteiger partial charge in [-0.3, -0.25) is 10.00 Å². The molecule has 3 rings (SSSR count). The van der Waals surface area contributed by atoms with Crippen LogP contribution in [0.1, 0.15) is 47.6 Å². The van der Waals surface area contributed by atoms with Crippen molar-refractivity contribution in [2.45, 2.75) is 31.7 Å². The Bertz CT molecular complexity index is 569. The van der Waals surface area contributed by atoms with Crippen LogP contribution >= 0.6 is 0 Å². The standard InChI is InChI=1S/C15H20N4/c1-10-5-4-6-12(9-10)13(19(2)3)15-16-14(17-18-15)11-7-8-11/h4-6,9,11,13H,7-8H2,1-3H3,(H,16,17,18)/t13-/m1/s1. The van der Waals surface area contributed by atoms with Crippen LogP contribution in [-0.4, -0.2) is 34.2 Å². The van der Waals surface area contributed by atoms with Crippen molar-refractivity contribution in [3.8, 4) is 0 Å². The van der Waals surface area contributed by atoms with E-state index in [-0.39, 0.29) is 6.04 Å². The third-order valence-electron chi connectivity index (χ3n) is 3.60. The minimum absolute atomic E-state index is 0.114. The summed E-state index contributed by atoms with van der Waals surface area (Å²) < 4.78 is 0. The van der Waals surface area contributed by atoms with Crippen molar-refractivity contribution < 1.29 is 0 Å². The van der Waals surface area contributed by atoms with E-state index in [1.165, 1.54) is 24.0 Å². The molecule has 1 aromatic carbocycles. The molecule has 0 saturated heterocycles. The van der Waals surface area contributed by atoms with Gasteiger partial charge in [0.25, 0.3) is 0 Å².